The van der Waals surface area contributed by atoms with Crippen molar-refractivity contribution in [1.82, 2.24) is 0 Å². The van der Waals surface area contributed by atoms with E-state index < -0.39 is 11.9 Å². The molecule has 1 rings (SSSR count). The smallest absolute Gasteiger partial charge is 0.332 e. The van der Waals surface area contributed by atoms with Gasteiger partial charge in [0.1, 0.15) is 6.61 Å². The maximum atomic E-state index is 11.7. The number of anilines is 1. The summed E-state index contributed by atoms with van der Waals surface area (Å²) in [6, 6.07) is 9.14. The van der Waals surface area contributed by atoms with Crippen LogP contribution in [0.15, 0.2) is 29.2 Å². The number of nitrogens with zero attached hydrogens (tertiary/aromatic N) is 1. The van der Waals surface area contributed by atoms with Gasteiger partial charge in [0.2, 0.25) is 0 Å². The van der Waals surface area contributed by atoms with Crippen LogP contribution < -0.4 is 5.32 Å². The van der Waals surface area contributed by atoms with Crippen LogP contribution >= 0.6 is 11.8 Å². The Morgan fingerprint density at radius 3 is 2.81 bits per heavy atom. The first-order chi connectivity index (χ1) is 10.2. The Labute approximate surface area is 127 Å². The molecule has 0 radical (unpaired) electrons. The summed E-state index contributed by atoms with van der Waals surface area (Å²) in [6.45, 7) is 1.63. The molecule has 112 valence electrons. The van der Waals surface area contributed by atoms with Crippen molar-refractivity contribution in [2.24, 2.45) is 0 Å². The van der Waals surface area contributed by atoms with Crippen LogP contribution in [0.3, 0.4) is 0 Å². The van der Waals surface area contributed by atoms with Gasteiger partial charge in [0.25, 0.3) is 5.91 Å². The van der Waals surface area contributed by atoms with E-state index in [9.17, 15) is 9.59 Å². The fourth-order valence-corrected chi connectivity index (χ4v) is 2.03. The van der Waals surface area contributed by atoms with Crippen LogP contribution in [0.1, 0.15) is 6.92 Å². The predicted molar refractivity (Wildman–Crippen MR) is 78.9 cm³/mol. The first-order valence-electron chi connectivity index (χ1n) is 6.29. The number of nitriles is 1. The first kappa shape index (κ1) is 17.0. The minimum absolute atomic E-state index is 0.168. The zero-order chi connectivity index (χ0) is 15.5. The van der Waals surface area contributed by atoms with Gasteiger partial charge in [-0.15, -0.1) is 11.8 Å². The van der Waals surface area contributed by atoms with Crippen molar-refractivity contribution in [3.63, 3.8) is 0 Å². The van der Waals surface area contributed by atoms with E-state index in [0.29, 0.717) is 12.3 Å². The SMILES string of the molecule is CCOCC(=O)OCC(=O)Nc1ccccc1SCC#N. The maximum absolute atomic E-state index is 11.7. The second kappa shape index (κ2) is 9.80. The lowest BCUT2D eigenvalue weighted by Crippen LogP contribution is -2.23. The van der Waals surface area contributed by atoms with Gasteiger partial charge in [-0.2, -0.15) is 5.26 Å². The van der Waals surface area contributed by atoms with Gasteiger partial charge in [-0.25, -0.2) is 4.79 Å². The third-order valence-electron chi connectivity index (χ3n) is 2.24. The lowest BCUT2D eigenvalue weighted by Gasteiger charge is -2.10. The molecule has 21 heavy (non-hydrogen) atoms. The van der Waals surface area contributed by atoms with Gasteiger partial charge in [-0.3, -0.25) is 4.79 Å². The molecule has 0 aliphatic rings. The molecular formula is C14H16N2O4S. The van der Waals surface area contributed by atoms with E-state index in [1.54, 1.807) is 25.1 Å². The van der Waals surface area contributed by atoms with E-state index in [0.717, 1.165) is 4.90 Å². The summed E-state index contributed by atoms with van der Waals surface area (Å²) < 4.78 is 9.63. The molecule has 0 saturated carbocycles. The fraction of sp³-hybridized carbons (Fsp3) is 0.357. The Hall–Kier alpha value is -2.04. The standard InChI is InChI=1S/C14H16N2O4S/c1-2-19-10-14(18)20-9-13(17)16-11-5-3-4-6-12(11)21-8-7-15/h3-6H,2,8-10H2,1H3,(H,16,17). The molecule has 0 saturated heterocycles. The van der Waals surface area contributed by atoms with Crippen LogP contribution in [0, 0.1) is 11.3 Å². The summed E-state index contributed by atoms with van der Waals surface area (Å²) in [5.41, 5.74) is 0.587. The fourth-order valence-electron chi connectivity index (χ4n) is 1.37. The van der Waals surface area contributed by atoms with Crippen molar-refractivity contribution in [3.8, 4) is 6.07 Å². The molecule has 1 N–H and O–H groups in total. The number of thioether (sulfide) groups is 1. The Morgan fingerprint density at radius 1 is 1.33 bits per heavy atom. The highest BCUT2D eigenvalue weighted by molar-refractivity contribution is 7.99. The summed E-state index contributed by atoms with van der Waals surface area (Å²) in [7, 11) is 0. The highest BCUT2D eigenvalue weighted by Gasteiger charge is 2.10. The van der Waals surface area contributed by atoms with Crippen molar-refractivity contribution < 1.29 is 19.1 Å². The molecule has 0 unspecified atom stereocenters. The Morgan fingerprint density at radius 2 is 2.10 bits per heavy atom. The summed E-state index contributed by atoms with van der Waals surface area (Å²) >= 11 is 1.32. The van der Waals surface area contributed by atoms with Crippen LogP contribution in [0.5, 0.6) is 0 Å². The number of amides is 1. The van der Waals surface area contributed by atoms with Crippen molar-refractivity contribution in [3.05, 3.63) is 24.3 Å². The molecule has 0 aromatic heterocycles. The zero-order valence-corrected chi connectivity index (χ0v) is 12.4. The van der Waals surface area contributed by atoms with Gasteiger partial charge < -0.3 is 14.8 Å². The summed E-state index contributed by atoms with van der Waals surface area (Å²) in [5.74, 6) is -0.736. The van der Waals surface area contributed by atoms with Gasteiger partial charge in [0.05, 0.1) is 17.5 Å². The van der Waals surface area contributed by atoms with Crippen molar-refractivity contribution >= 4 is 29.3 Å². The van der Waals surface area contributed by atoms with Crippen LogP contribution in [0.2, 0.25) is 0 Å². The number of benzene rings is 1. The van der Waals surface area contributed by atoms with Crippen LogP contribution in [-0.4, -0.2) is 37.4 Å². The van der Waals surface area contributed by atoms with Crippen LogP contribution in [0.4, 0.5) is 5.69 Å². The highest BCUT2D eigenvalue weighted by Crippen LogP contribution is 2.26. The van der Waals surface area contributed by atoms with E-state index >= 15 is 0 Å². The number of hydrogen-bond donors (Lipinski definition) is 1. The topological polar surface area (TPSA) is 88.4 Å². The lowest BCUT2D eigenvalue weighted by molar-refractivity contribution is -0.151. The number of carbonyl (C=O) groups is 2. The molecule has 1 aromatic rings. The number of hydrogen-bond acceptors (Lipinski definition) is 6. The Bertz CT molecular complexity index is 528. The summed E-state index contributed by atoms with van der Waals surface area (Å²) in [4.78, 5) is 23.7. The van der Waals surface area contributed by atoms with Gasteiger partial charge in [-0.1, -0.05) is 12.1 Å². The normalized spacial score (nSPS) is 9.71. The van der Waals surface area contributed by atoms with Gasteiger partial charge in [0.15, 0.2) is 6.61 Å². The highest BCUT2D eigenvalue weighted by atomic mass is 32.2. The number of ether oxygens (including phenoxy) is 2. The zero-order valence-electron chi connectivity index (χ0n) is 11.6. The second-order valence-corrected chi connectivity index (χ2v) is 4.81. The van der Waals surface area contributed by atoms with E-state index in [1.165, 1.54) is 11.8 Å². The van der Waals surface area contributed by atoms with E-state index in [-0.39, 0.29) is 19.0 Å². The maximum Gasteiger partial charge on any atom is 0.332 e. The Kier molecular flexibility index (Phi) is 7.94. The van der Waals surface area contributed by atoms with Crippen molar-refractivity contribution in [1.29, 1.82) is 5.26 Å². The molecule has 0 aliphatic heterocycles. The molecule has 1 amide bonds. The minimum atomic E-state index is -0.584. The number of carbonyl (C=O) groups excluding carboxylic acids is 2. The molecule has 0 spiro atoms. The van der Waals surface area contributed by atoms with E-state index in [2.05, 4.69) is 5.32 Å². The average Bonchev–Trinajstić information content (AvgIpc) is 2.50. The van der Waals surface area contributed by atoms with E-state index in [1.807, 2.05) is 12.1 Å². The monoisotopic (exact) mass is 308 g/mol. The van der Waals surface area contributed by atoms with Gasteiger partial charge in [-0.05, 0) is 19.1 Å². The number of esters is 1. The van der Waals surface area contributed by atoms with Crippen molar-refractivity contribution in [2.75, 3.05) is 30.9 Å². The molecular weight excluding hydrogens is 292 g/mol. The molecule has 0 atom stereocenters. The quantitative estimate of drug-likeness (QED) is 0.582. The number of rotatable bonds is 8. The molecule has 6 nitrogen and oxygen atoms in total. The van der Waals surface area contributed by atoms with Crippen LogP contribution in [-0.2, 0) is 19.1 Å². The predicted octanol–water partition coefficient (Wildman–Crippen LogP) is 1.82. The Balaban J connectivity index is 2.47. The van der Waals surface area contributed by atoms with Gasteiger partial charge >= 0.3 is 5.97 Å². The molecule has 0 bridgehead atoms. The average molecular weight is 308 g/mol. The molecule has 7 heteroatoms. The summed E-state index contributed by atoms with van der Waals surface area (Å²) in [5, 5.41) is 11.2. The number of para-hydroxylation sites is 1. The third-order valence-corrected chi connectivity index (χ3v) is 3.18. The minimum Gasteiger partial charge on any atom is -0.454 e. The second-order valence-electron chi connectivity index (χ2n) is 3.79. The van der Waals surface area contributed by atoms with Crippen molar-refractivity contribution in [2.45, 2.75) is 11.8 Å². The molecule has 0 heterocycles. The van der Waals surface area contributed by atoms with E-state index in [4.69, 9.17) is 14.7 Å². The molecule has 0 aliphatic carbocycles. The third kappa shape index (κ3) is 6.79. The molecule has 0 fully saturated rings. The van der Waals surface area contributed by atoms with Crippen LogP contribution in [0.25, 0.3) is 0 Å². The largest absolute Gasteiger partial charge is 0.454 e. The first-order valence-corrected chi connectivity index (χ1v) is 7.28. The molecule has 1 aromatic carbocycles. The van der Waals surface area contributed by atoms with Gasteiger partial charge in [0, 0.05) is 11.5 Å². The number of nitrogens with one attached hydrogen (secondary N) is 1. The lowest BCUT2D eigenvalue weighted by atomic mass is 10.3. The summed E-state index contributed by atoms with van der Waals surface area (Å²) in [6.07, 6.45) is 0.